The molecular weight excluding hydrogens is 99.5 g/mol. The summed E-state index contributed by atoms with van der Waals surface area (Å²) in [6.07, 6.45) is 3.27. The fourth-order valence-corrected chi connectivity index (χ4v) is 0.205. The smallest absolute Gasteiger partial charge is 0.0796 e. The van der Waals surface area contributed by atoms with Crippen molar-refractivity contribution in [3.63, 3.8) is 0 Å². The Bertz CT molecular complexity index is 36.8. The second-order valence-electron chi connectivity index (χ2n) is 0.762. The second kappa shape index (κ2) is 4.83. The lowest BCUT2D eigenvalue weighted by molar-refractivity contribution is 0.337. The Morgan fingerprint density at radius 2 is 2.50 bits per heavy atom. The van der Waals surface area contributed by atoms with Gasteiger partial charge in [0, 0.05) is 5.88 Å². The van der Waals surface area contributed by atoms with Crippen molar-refractivity contribution in [2.24, 2.45) is 0 Å². The lowest BCUT2D eigenvalue weighted by Crippen LogP contribution is -1.63. The van der Waals surface area contributed by atoms with Crippen molar-refractivity contribution in [1.29, 1.82) is 0 Å². The fraction of sp³-hybridized carbons (Fsp3) is 0.500. The maximum Gasteiger partial charge on any atom is 0.0796 e. The van der Waals surface area contributed by atoms with E-state index < -0.39 is 0 Å². The van der Waals surface area contributed by atoms with Crippen LogP contribution in [-0.2, 0) is 4.74 Å². The van der Waals surface area contributed by atoms with Crippen LogP contribution in [0, 0.1) is 0 Å². The summed E-state index contributed by atoms with van der Waals surface area (Å²) in [6.45, 7) is 0. The van der Waals surface area contributed by atoms with Gasteiger partial charge < -0.3 is 4.74 Å². The van der Waals surface area contributed by atoms with E-state index in [1.165, 1.54) is 0 Å². The highest BCUT2D eigenvalue weighted by atomic mass is 35.5. The molecule has 2 heteroatoms. The van der Waals surface area contributed by atoms with Crippen molar-refractivity contribution >= 4 is 11.6 Å². The molecule has 0 aromatic rings. The molecule has 0 saturated carbocycles. The monoisotopic (exact) mass is 106 g/mol. The van der Waals surface area contributed by atoms with E-state index in [0.717, 1.165) is 0 Å². The average Bonchev–Trinajstić information content (AvgIpc) is 1.61. The molecule has 0 amide bonds. The molecule has 0 aromatic heterocycles. The molecule has 0 radical (unpaired) electrons. The molecule has 0 unspecified atom stereocenters. The largest absolute Gasteiger partial charge is 0.505 e. The van der Waals surface area contributed by atoms with Gasteiger partial charge in [0.25, 0.3) is 0 Å². The Morgan fingerprint density at radius 3 is 2.67 bits per heavy atom. The van der Waals surface area contributed by atoms with E-state index in [0.29, 0.717) is 5.88 Å². The fourth-order valence-electron chi connectivity index (χ4n) is 0.133. The van der Waals surface area contributed by atoms with E-state index >= 15 is 0 Å². The standard InChI is InChI=1S/C4H7ClO/c1-6-4-2-3-5/h2,4H,3H2,1H3/b4-2-. The summed E-state index contributed by atoms with van der Waals surface area (Å²) in [7, 11) is 1.59. The number of methoxy groups -OCH3 is 1. The Balaban J connectivity index is 2.73. The SMILES string of the molecule is CO/C=C\CCl. The molecular formula is C4H7ClO. The van der Waals surface area contributed by atoms with Crippen molar-refractivity contribution in [3.05, 3.63) is 12.3 Å². The molecule has 36 valence electrons. The van der Waals surface area contributed by atoms with Crippen LogP contribution in [0.2, 0.25) is 0 Å². The Morgan fingerprint density at radius 1 is 1.83 bits per heavy atom. The van der Waals surface area contributed by atoms with Crippen molar-refractivity contribution < 1.29 is 4.74 Å². The molecule has 0 bridgehead atoms. The second-order valence-corrected chi connectivity index (χ2v) is 1.07. The first kappa shape index (κ1) is 5.83. The maximum atomic E-state index is 5.21. The van der Waals surface area contributed by atoms with Gasteiger partial charge in [-0.1, -0.05) is 0 Å². The average molecular weight is 107 g/mol. The van der Waals surface area contributed by atoms with Crippen LogP contribution >= 0.6 is 11.6 Å². The summed E-state index contributed by atoms with van der Waals surface area (Å²) >= 11 is 5.21. The van der Waals surface area contributed by atoms with Gasteiger partial charge in [-0.15, -0.1) is 11.6 Å². The van der Waals surface area contributed by atoms with E-state index in [1.54, 1.807) is 19.4 Å². The van der Waals surface area contributed by atoms with Crippen LogP contribution < -0.4 is 0 Å². The summed E-state index contributed by atoms with van der Waals surface area (Å²) in [6, 6.07) is 0. The quantitative estimate of drug-likeness (QED) is 0.382. The third-order valence-electron chi connectivity index (χ3n) is 0.321. The first-order valence-corrected chi connectivity index (χ1v) is 2.19. The van der Waals surface area contributed by atoms with Crippen molar-refractivity contribution in [1.82, 2.24) is 0 Å². The molecule has 0 heterocycles. The predicted molar refractivity (Wildman–Crippen MR) is 26.9 cm³/mol. The van der Waals surface area contributed by atoms with E-state index in [2.05, 4.69) is 4.74 Å². The predicted octanol–water partition coefficient (Wildman–Crippen LogP) is 1.39. The van der Waals surface area contributed by atoms with Crippen LogP contribution in [0.25, 0.3) is 0 Å². The van der Waals surface area contributed by atoms with Gasteiger partial charge in [0.2, 0.25) is 0 Å². The molecule has 0 fully saturated rings. The van der Waals surface area contributed by atoms with Gasteiger partial charge >= 0.3 is 0 Å². The first-order chi connectivity index (χ1) is 2.91. The van der Waals surface area contributed by atoms with Gasteiger partial charge in [0.15, 0.2) is 0 Å². The van der Waals surface area contributed by atoms with Crippen LogP contribution in [0.4, 0.5) is 0 Å². The van der Waals surface area contributed by atoms with E-state index in [-0.39, 0.29) is 0 Å². The highest BCUT2D eigenvalue weighted by molar-refractivity contribution is 6.18. The van der Waals surface area contributed by atoms with Crippen molar-refractivity contribution in [3.8, 4) is 0 Å². The minimum atomic E-state index is 0.522. The number of rotatable bonds is 2. The third-order valence-corrected chi connectivity index (χ3v) is 0.500. The highest BCUT2D eigenvalue weighted by Gasteiger charge is 1.60. The first-order valence-electron chi connectivity index (χ1n) is 1.65. The van der Waals surface area contributed by atoms with Crippen LogP contribution in [0.1, 0.15) is 0 Å². The van der Waals surface area contributed by atoms with Gasteiger partial charge in [0.05, 0.1) is 13.4 Å². The van der Waals surface area contributed by atoms with Crippen LogP contribution in [0.15, 0.2) is 12.3 Å². The zero-order valence-electron chi connectivity index (χ0n) is 3.65. The summed E-state index contributed by atoms with van der Waals surface area (Å²) < 4.78 is 4.52. The third kappa shape index (κ3) is 3.83. The molecule has 0 atom stereocenters. The molecule has 0 aliphatic heterocycles. The lowest BCUT2D eigenvalue weighted by Gasteiger charge is -1.79. The zero-order chi connectivity index (χ0) is 4.83. The van der Waals surface area contributed by atoms with Crippen molar-refractivity contribution in [2.75, 3.05) is 13.0 Å². The molecule has 0 N–H and O–H groups in total. The van der Waals surface area contributed by atoms with Gasteiger partial charge in [-0.05, 0) is 6.08 Å². The van der Waals surface area contributed by atoms with Gasteiger partial charge in [0.1, 0.15) is 0 Å². The number of hydrogen-bond acceptors (Lipinski definition) is 1. The summed E-state index contributed by atoms with van der Waals surface area (Å²) in [5.41, 5.74) is 0. The summed E-state index contributed by atoms with van der Waals surface area (Å²) in [4.78, 5) is 0. The van der Waals surface area contributed by atoms with Crippen LogP contribution in [-0.4, -0.2) is 13.0 Å². The molecule has 0 aliphatic rings. The van der Waals surface area contributed by atoms with Crippen LogP contribution in [0.5, 0.6) is 0 Å². The van der Waals surface area contributed by atoms with Gasteiger partial charge in [-0.25, -0.2) is 0 Å². The van der Waals surface area contributed by atoms with E-state index in [9.17, 15) is 0 Å². The topological polar surface area (TPSA) is 9.23 Å². The molecule has 0 rings (SSSR count). The molecule has 1 nitrogen and oxygen atoms in total. The minimum absolute atomic E-state index is 0.522. The number of ether oxygens (including phenoxy) is 1. The molecule has 0 spiro atoms. The van der Waals surface area contributed by atoms with Crippen LogP contribution in [0.3, 0.4) is 0 Å². The van der Waals surface area contributed by atoms with E-state index in [1.807, 2.05) is 0 Å². The summed E-state index contributed by atoms with van der Waals surface area (Å²) in [5.74, 6) is 0.522. The van der Waals surface area contributed by atoms with E-state index in [4.69, 9.17) is 11.6 Å². The minimum Gasteiger partial charge on any atom is -0.505 e. The molecule has 6 heavy (non-hydrogen) atoms. The van der Waals surface area contributed by atoms with Crippen molar-refractivity contribution in [2.45, 2.75) is 0 Å². The number of allylic oxidation sites excluding steroid dienone is 1. The Labute approximate surface area is 42.6 Å². The lowest BCUT2D eigenvalue weighted by atomic mass is 10.7. The number of halogens is 1. The normalized spacial score (nSPS) is 9.67. The zero-order valence-corrected chi connectivity index (χ0v) is 4.40. The highest BCUT2D eigenvalue weighted by Crippen LogP contribution is 1.75. The molecule has 0 saturated heterocycles. The Hall–Kier alpha value is -0.170. The Kier molecular flexibility index (Phi) is 4.69. The van der Waals surface area contributed by atoms with Gasteiger partial charge in [-0.2, -0.15) is 0 Å². The summed E-state index contributed by atoms with van der Waals surface area (Å²) in [5, 5.41) is 0. The number of hydrogen-bond donors (Lipinski definition) is 0. The van der Waals surface area contributed by atoms with Gasteiger partial charge in [-0.3, -0.25) is 0 Å². The molecule has 0 aliphatic carbocycles. The number of alkyl halides is 1. The maximum absolute atomic E-state index is 5.21. The molecule has 0 aromatic carbocycles.